The molecule has 0 saturated heterocycles. The number of methoxy groups -OCH3 is 2. The first-order valence-corrected chi connectivity index (χ1v) is 9.00. The molecule has 2 heterocycles. The number of para-hydroxylation sites is 1. The van der Waals surface area contributed by atoms with Gasteiger partial charge in [0.25, 0.3) is 5.56 Å². The topological polar surface area (TPSA) is 52.8 Å². The van der Waals surface area contributed by atoms with Gasteiger partial charge in [-0.05, 0) is 49.2 Å². The Balaban J connectivity index is 1.99. The van der Waals surface area contributed by atoms with Crippen LogP contribution in [0.4, 0.5) is 0 Å². The number of aromatic nitrogens is 2. The number of rotatable bonds is 3. The van der Waals surface area contributed by atoms with Crippen LogP contribution >= 0.6 is 11.3 Å². The number of thiazole rings is 1. The molecule has 26 heavy (non-hydrogen) atoms. The lowest BCUT2D eigenvalue weighted by Crippen LogP contribution is -2.22. The fraction of sp³-hybridized carbons (Fsp3) is 0.200. The average molecular weight is 366 g/mol. The first-order chi connectivity index (χ1) is 12.5. The lowest BCUT2D eigenvalue weighted by atomic mass is 10.1. The normalized spacial score (nSPS) is 12.2. The summed E-state index contributed by atoms with van der Waals surface area (Å²) >= 11 is 1.38. The maximum atomic E-state index is 13.0. The number of aryl methyl sites for hydroxylation is 2. The highest BCUT2D eigenvalue weighted by Crippen LogP contribution is 2.31. The quantitative estimate of drug-likeness (QED) is 0.559. The third kappa shape index (κ3) is 2.45. The summed E-state index contributed by atoms with van der Waals surface area (Å²) in [7, 11) is 3.18. The molecular formula is C20H18N2O3S. The number of ether oxygens (including phenoxy) is 2. The van der Waals surface area contributed by atoms with E-state index in [9.17, 15) is 4.79 Å². The Morgan fingerprint density at radius 1 is 1.12 bits per heavy atom. The third-order valence-corrected chi connectivity index (χ3v) is 5.54. The predicted octanol–water partition coefficient (Wildman–Crippen LogP) is 3.09. The van der Waals surface area contributed by atoms with Gasteiger partial charge in [0.05, 0.1) is 29.8 Å². The molecule has 6 heteroatoms. The minimum Gasteiger partial charge on any atom is -0.493 e. The van der Waals surface area contributed by atoms with Crippen molar-refractivity contribution < 1.29 is 9.47 Å². The minimum atomic E-state index is -0.0689. The van der Waals surface area contributed by atoms with E-state index in [4.69, 9.17) is 9.47 Å². The molecule has 0 amide bonds. The molecule has 0 aliphatic rings. The number of fused-ring (bicyclic) bond motifs is 3. The summed E-state index contributed by atoms with van der Waals surface area (Å²) in [5, 5.41) is 0. The molecule has 0 aliphatic heterocycles. The van der Waals surface area contributed by atoms with Crippen molar-refractivity contribution in [1.29, 1.82) is 0 Å². The van der Waals surface area contributed by atoms with Gasteiger partial charge in [0, 0.05) is 5.56 Å². The molecule has 4 aromatic rings. The fourth-order valence-corrected chi connectivity index (χ4v) is 4.06. The Morgan fingerprint density at radius 3 is 2.62 bits per heavy atom. The van der Waals surface area contributed by atoms with Gasteiger partial charge >= 0.3 is 0 Å². The molecule has 0 aliphatic carbocycles. The maximum Gasteiger partial charge on any atom is 0.274 e. The summed E-state index contributed by atoms with van der Waals surface area (Å²) in [4.78, 5) is 18.3. The average Bonchev–Trinajstić information content (AvgIpc) is 3.11. The van der Waals surface area contributed by atoms with Gasteiger partial charge in [-0.3, -0.25) is 4.79 Å². The van der Waals surface area contributed by atoms with Crippen LogP contribution in [0.15, 0.2) is 35.1 Å². The van der Waals surface area contributed by atoms with Crippen molar-refractivity contribution in [3.05, 3.63) is 61.9 Å². The molecule has 0 radical (unpaired) electrons. The van der Waals surface area contributed by atoms with Crippen LogP contribution in [0.25, 0.3) is 22.1 Å². The molecule has 132 valence electrons. The SMILES string of the molecule is COc1cccc(/C=c2\sc3nc4cc(C)c(C)cc4n3c2=O)c1OC. The van der Waals surface area contributed by atoms with E-state index in [0.717, 1.165) is 22.2 Å². The van der Waals surface area contributed by atoms with Crippen LogP contribution in [0.2, 0.25) is 0 Å². The Kier molecular flexibility index (Phi) is 3.92. The summed E-state index contributed by atoms with van der Waals surface area (Å²) in [5.41, 5.74) is 4.74. The second-order valence-corrected chi connectivity index (χ2v) is 7.16. The number of nitrogens with zero attached hydrogens (tertiary/aromatic N) is 2. The van der Waals surface area contributed by atoms with E-state index in [0.29, 0.717) is 21.0 Å². The van der Waals surface area contributed by atoms with E-state index in [1.54, 1.807) is 18.6 Å². The monoisotopic (exact) mass is 366 g/mol. The molecule has 0 saturated carbocycles. The molecular weight excluding hydrogens is 348 g/mol. The molecule has 5 nitrogen and oxygen atoms in total. The van der Waals surface area contributed by atoms with Crippen molar-refractivity contribution >= 4 is 33.4 Å². The lowest BCUT2D eigenvalue weighted by molar-refractivity contribution is 0.354. The minimum absolute atomic E-state index is 0.0689. The Hall–Kier alpha value is -2.86. The highest BCUT2D eigenvalue weighted by Gasteiger charge is 2.13. The zero-order chi connectivity index (χ0) is 18.4. The van der Waals surface area contributed by atoms with Crippen molar-refractivity contribution in [3.63, 3.8) is 0 Å². The molecule has 0 fully saturated rings. The number of imidazole rings is 1. The van der Waals surface area contributed by atoms with E-state index in [-0.39, 0.29) is 5.56 Å². The van der Waals surface area contributed by atoms with Crippen LogP contribution in [-0.2, 0) is 0 Å². The van der Waals surface area contributed by atoms with E-state index >= 15 is 0 Å². The standard InChI is InChI=1S/C20H18N2O3S/c1-11-8-14-15(9-12(11)2)22-19(23)17(26-20(22)21-14)10-13-6-5-7-16(24-3)18(13)25-4/h5-10H,1-4H3/b17-10-. The molecule has 2 aromatic heterocycles. The van der Waals surface area contributed by atoms with Crippen molar-refractivity contribution in [2.75, 3.05) is 14.2 Å². The summed E-state index contributed by atoms with van der Waals surface area (Å²) in [5.74, 6) is 1.24. The van der Waals surface area contributed by atoms with Crippen molar-refractivity contribution in [3.8, 4) is 11.5 Å². The van der Waals surface area contributed by atoms with Crippen LogP contribution in [0.1, 0.15) is 16.7 Å². The van der Waals surface area contributed by atoms with Crippen LogP contribution in [0, 0.1) is 13.8 Å². The largest absolute Gasteiger partial charge is 0.493 e. The van der Waals surface area contributed by atoms with Crippen molar-refractivity contribution in [2.45, 2.75) is 13.8 Å². The maximum absolute atomic E-state index is 13.0. The van der Waals surface area contributed by atoms with Crippen LogP contribution in [0.3, 0.4) is 0 Å². The van der Waals surface area contributed by atoms with Gasteiger partial charge in [-0.25, -0.2) is 9.38 Å². The highest BCUT2D eigenvalue weighted by molar-refractivity contribution is 7.15. The summed E-state index contributed by atoms with van der Waals surface area (Å²) in [6, 6.07) is 9.65. The number of hydrogen-bond acceptors (Lipinski definition) is 5. The Bertz CT molecular complexity index is 1250. The predicted molar refractivity (Wildman–Crippen MR) is 105 cm³/mol. The lowest BCUT2D eigenvalue weighted by Gasteiger charge is -2.09. The molecule has 0 N–H and O–H groups in total. The van der Waals surface area contributed by atoms with Crippen LogP contribution in [-0.4, -0.2) is 23.6 Å². The molecule has 4 rings (SSSR count). The Morgan fingerprint density at radius 2 is 1.88 bits per heavy atom. The first-order valence-electron chi connectivity index (χ1n) is 8.18. The summed E-state index contributed by atoms with van der Waals surface area (Å²) in [6.07, 6.45) is 1.83. The van der Waals surface area contributed by atoms with Gasteiger partial charge in [-0.2, -0.15) is 0 Å². The number of hydrogen-bond donors (Lipinski definition) is 0. The second-order valence-electron chi connectivity index (χ2n) is 6.15. The van der Waals surface area contributed by atoms with Gasteiger partial charge < -0.3 is 9.47 Å². The van der Waals surface area contributed by atoms with Gasteiger partial charge in [0.1, 0.15) is 0 Å². The Labute approximate surface area is 154 Å². The zero-order valence-electron chi connectivity index (χ0n) is 15.0. The smallest absolute Gasteiger partial charge is 0.274 e. The van der Waals surface area contributed by atoms with Crippen LogP contribution < -0.4 is 19.6 Å². The second kappa shape index (κ2) is 6.14. The molecule has 0 bridgehead atoms. The molecule has 0 unspecified atom stereocenters. The zero-order valence-corrected chi connectivity index (χ0v) is 15.8. The summed E-state index contributed by atoms with van der Waals surface area (Å²) in [6.45, 7) is 4.09. The fourth-order valence-electron chi connectivity index (χ4n) is 3.09. The van der Waals surface area contributed by atoms with E-state index in [1.165, 1.54) is 16.9 Å². The van der Waals surface area contributed by atoms with Crippen molar-refractivity contribution in [2.24, 2.45) is 0 Å². The van der Waals surface area contributed by atoms with E-state index < -0.39 is 0 Å². The van der Waals surface area contributed by atoms with E-state index in [2.05, 4.69) is 11.9 Å². The van der Waals surface area contributed by atoms with Gasteiger partial charge in [-0.15, -0.1) is 0 Å². The van der Waals surface area contributed by atoms with E-state index in [1.807, 2.05) is 43.3 Å². The van der Waals surface area contributed by atoms with Crippen molar-refractivity contribution in [1.82, 2.24) is 9.38 Å². The molecule has 2 aromatic carbocycles. The molecule has 0 atom stereocenters. The number of benzene rings is 2. The van der Waals surface area contributed by atoms with Gasteiger partial charge in [0.15, 0.2) is 16.5 Å². The molecule has 0 spiro atoms. The van der Waals surface area contributed by atoms with Gasteiger partial charge in [0.2, 0.25) is 0 Å². The first kappa shape index (κ1) is 16.6. The third-order valence-electron chi connectivity index (χ3n) is 4.57. The summed E-state index contributed by atoms with van der Waals surface area (Å²) < 4.78 is 13.1. The highest BCUT2D eigenvalue weighted by atomic mass is 32.1. The van der Waals surface area contributed by atoms with Gasteiger partial charge in [-0.1, -0.05) is 23.5 Å². The van der Waals surface area contributed by atoms with Crippen LogP contribution in [0.5, 0.6) is 11.5 Å².